The monoisotopic (exact) mass is 592 g/mol. The van der Waals surface area contributed by atoms with Gasteiger partial charge in [-0.1, -0.05) is 55.1 Å². The Balaban J connectivity index is 1.61. The van der Waals surface area contributed by atoms with Crippen molar-refractivity contribution >= 4 is 28.5 Å². The maximum absolute atomic E-state index is 14.2. The van der Waals surface area contributed by atoms with E-state index in [0.29, 0.717) is 12.2 Å². The number of amides is 3. The lowest BCUT2D eigenvalue weighted by molar-refractivity contribution is -0.148. The van der Waals surface area contributed by atoms with E-state index >= 15 is 0 Å². The molecule has 3 amide bonds. The Bertz CT molecular complexity index is 1460. The van der Waals surface area contributed by atoms with Crippen LogP contribution >= 0.6 is 0 Å². The Labute approximate surface area is 250 Å². The molecule has 10 heteroatoms. The van der Waals surface area contributed by atoms with Crippen LogP contribution in [-0.4, -0.2) is 79.5 Å². The average molecular weight is 593 g/mol. The second kappa shape index (κ2) is 14.8. The zero-order valence-electron chi connectivity index (χ0n) is 24.5. The number of hydrogen-bond donors (Lipinski definition) is 2. The van der Waals surface area contributed by atoms with Gasteiger partial charge in [0.15, 0.2) is 11.6 Å². The van der Waals surface area contributed by atoms with Crippen LogP contribution in [0.3, 0.4) is 0 Å². The van der Waals surface area contributed by atoms with Crippen LogP contribution in [0.25, 0.3) is 10.8 Å². The molecule has 43 heavy (non-hydrogen) atoms. The summed E-state index contributed by atoms with van der Waals surface area (Å²) in [6.45, 7) is 4.87. The lowest BCUT2D eigenvalue weighted by Crippen LogP contribution is -2.55. The predicted octanol–water partition coefficient (Wildman–Crippen LogP) is 3.59. The van der Waals surface area contributed by atoms with Crippen molar-refractivity contribution < 1.29 is 27.9 Å². The molecule has 0 spiro atoms. The van der Waals surface area contributed by atoms with Crippen molar-refractivity contribution in [2.24, 2.45) is 0 Å². The predicted molar refractivity (Wildman–Crippen MR) is 161 cm³/mol. The second-order valence-electron chi connectivity index (χ2n) is 10.7. The number of carbonyl (C=O) groups is 3. The van der Waals surface area contributed by atoms with Gasteiger partial charge in [0, 0.05) is 39.2 Å². The number of fused-ring (bicyclic) bond motifs is 1. The third-order valence-electron chi connectivity index (χ3n) is 7.84. The molecule has 1 saturated heterocycles. The van der Waals surface area contributed by atoms with E-state index in [2.05, 4.69) is 17.2 Å². The standard InChI is InChI=1S/C33H38F2N4O4/c1-4-39(29(32(41)36-2)18-23-12-14-27(34)28(35)17-23)33(42)30(19-22-11-13-24-8-5-6-9-25(24)16-22)38(3)31(40)21-43-20-26-10-7-15-37-26/h4-6,8-9,11-14,16-17,26,29-30,37H,1,7,10,15,18-21H2,2-3H3,(H,36,41)/t26-,29+,30+/m0/s1. The first-order chi connectivity index (χ1) is 20.7. The van der Waals surface area contributed by atoms with E-state index < -0.39 is 41.4 Å². The number of ether oxygens (including phenoxy) is 1. The quantitative estimate of drug-likeness (QED) is 0.317. The Morgan fingerprint density at radius 1 is 1.02 bits per heavy atom. The van der Waals surface area contributed by atoms with Crippen molar-refractivity contribution in [3.05, 3.63) is 96.2 Å². The van der Waals surface area contributed by atoms with Gasteiger partial charge in [-0.05, 0) is 53.4 Å². The van der Waals surface area contributed by atoms with Crippen LogP contribution in [0.2, 0.25) is 0 Å². The van der Waals surface area contributed by atoms with Crippen LogP contribution in [-0.2, 0) is 32.0 Å². The summed E-state index contributed by atoms with van der Waals surface area (Å²) in [5.74, 6) is -3.54. The molecule has 1 fully saturated rings. The molecule has 0 bridgehead atoms. The van der Waals surface area contributed by atoms with Crippen molar-refractivity contribution in [2.45, 2.75) is 43.8 Å². The number of nitrogens with one attached hydrogen (secondary N) is 2. The van der Waals surface area contributed by atoms with E-state index in [-0.39, 0.29) is 25.5 Å². The molecule has 2 N–H and O–H groups in total. The molecule has 0 saturated carbocycles. The molecule has 3 aromatic carbocycles. The highest BCUT2D eigenvalue weighted by Gasteiger charge is 2.36. The van der Waals surface area contributed by atoms with Crippen molar-refractivity contribution in [1.29, 1.82) is 0 Å². The minimum Gasteiger partial charge on any atom is -0.370 e. The fourth-order valence-electron chi connectivity index (χ4n) is 5.36. The summed E-state index contributed by atoms with van der Waals surface area (Å²) in [7, 11) is 2.96. The zero-order valence-corrected chi connectivity index (χ0v) is 24.5. The largest absolute Gasteiger partial charge is 0.370 e. The Morgan fingerprint density at radius 2 is 1.72 bits per heavy atom. The molecule has 8 nitrogen and oxygen atoms in total. The van der Waals surface area contributed by atoms with E-state index in [1.54, 1.807) is 0 Å². The van der Waals surface area contributed by atoms with Crippen molar-refractivity contribution in [3.63, 3.8) is 0 Å². The summed E-state index contributed by atoms with van der Waals surface area (Å²) >= 11 is 0. The molecule has 0 unspecified atom stereocenters. The fourth-order valence-corrected chi connectivity index (χ4v) is 5.36. The lowest BCUT2D eigenvalue weighted by atomic mass is 9.98. The maximum Gasteiger partial charge on any atom is 0.250 e. The molecule has 0 aromatic heterocycles. The lowest BCUT2D eigenvalue weighted by Gasteiger charge is -2.34. The minimum absolute atomic E-state index is 0.105. The van der Waals surface area contributed by atoms with Crippen molar-refractivity contribution in [3.8, 4) is 0 Å². The first kappa shape index (κ1) is 31.8. The van der Waals surface area contributed by atoms with Crippen molar-refractivity contribution in [2.75, 3.05) is 33.9 Å². The molecule has 228 valence electrons. The molecule has 0 radical (unpaired) electrons. The van der Waals surface area contributed by atoms with Crippen LogP contribution in [0.4, 0.5) is 8.78 Å². The van der Waals surface area contributed by atoms with E-state index in [4.69, 9.17) is 4.74 Å². The third kappa shape index (κ3) is 8.03. The van der Waals surface area contributed by atoms with Gasteiger partial charge in [0.1, 0.15) is 18.7 Å². The number of halogens is 2. The summed E-state index contributed by atoms with van der Waals surface area (Å²) in [6, 6.07) is 15.0. The number of benzene rings is 3. The van der Waals surface area contributed by atoms with Gasteiger partial charge in [-0.3, -0.25) is 14.4 Å². The average Bonchev–Trinajstić information content (AvgIpc) is 3.54. The molecule has 1 aliphatic heterocycles. The highest BCUT2D eigenvalue weighted by Crippen LogP contribution is 2.21. The first-order valence-corrected chi connectivity index (χ1v) is 14.4. The van der Waals surface area contributed by atoms with Gasteiger partial charge in [0.05, 0.1) is 6.61 Å². The third-order valence-corrected chi connectivity index (χ3v) is 7.84. The van der Waals surface area contributed by atoms with Crippen LogP contribution in [0.1, 0.15) is 24.0 Å². The van der Waals surface area contributed by atoms with E-state index in [1.165, 1.54) is 36.2 Å². The molecule has 1 aliphatic rings. The molecule has 1 heterocycles. The molecular formula is C33H38F2N4O4. The summed E-state index contributed by atoms with van der Waals surface area (Å²) < 4.78 is 33.3. The molecular weight excluding hydrogens is 554 g/mol. The Hall–Kier alpha value is -4.15. The number of likely N-dealkylation sites (N-methyl/N-ethyl adjacent to an activating group) is 2. The van der Waals surface area contributed by atoms with Gasteiger partial charge in [-0.25, -0.2) is 8.78 Å². The number of carbonyl (C=O) groups excluding carboxylic acids is 3. The second-order valence-corrected chi connectivity index (χ2v) is 10.7. The van der Waals surface area contributed by atoms with Gasteiger partial charge in [-0.2, -0.15) is 0 Å². The molecule has 4 rings (SSSR count). The maximum atomic E-state index is 14.2. The zero-order chi connectivity index (χ0) is 30.9. The van der Waals surface area contributed by atoms with Crippen molar-refractivity contribution in [1.82, 2.24) is 20.4 Å². The minimum atomic E-state index is -1.13. The molecule has 3 aromatic rings. The Kier molecular flexibility index (Phi) is 11.0. The van der Waals surface area contributed by atoms with Gasteiger partial charge in [0.25, 0.3) is 0 Å². The highest BCUT2D eigenvalue weighted by molar-refractivity contribution is 5.93. The van der Waals surface area contributed by atoms with Crippen LogP contribution in [0, 0.1) is 11.6 Å². The van der Waals surface area contributed by atoms with Gasteiger partial charge in [-0.15, -0.1) is 0 Å². The van der Waals surface area contributed by atoms with Crippen LogP contribution < -0.4 is 10.6 Å². The topological polar surface area (TPSA) is 91.0 Å². The highest BCUT2D eigenvalue weighted by atomic mass is 19.2. The summed E-state index contributed by atoms with van der Waals surface area (Å²) in [5.41, 5.74) is 1.13. The van der Waals surface area contributed by atoms with Crippen LogP contribution in [0.5, 0.6) is 0 Å². The number of rotatable bonds is 13. The number of nitrogens with zero attached hydrogens (tertiary/aromatic N) is 2. The molecule has 3 atom stereocenters. The van der Waals surface area contributed by atoms with Gasteiger partial charge < -0.3 is 25.2 Å². The van der Waals surface area contributed by atoms with E-state index in [0.717, 1.165) is 47.9 Å². The normalized spacial score (nSPS) is 16.0. The smallest absolute Gasteiger partial charge is 0.250 e. The summed E-state index contributed by atoms with van der Waals surface area (Å²) in [4.78, 5) is 43.1. The summed E-state index contributed by atoms with van der Waals surface area (Å²) in [5, 5.41) is 7.88. The number of hydrogen-bond acceptors (Lipinski definition) is 5. The van der Waals surface area contributed by atoms with Crippen LogP contribution in [0.15, 0.2) is 73.4 Å². The van der Waals surface area contributed by atoms with E-state index in [9.17, 15) is 23.2 Å². The molecule has 0 aliphatic carbocycles. The van der Waals surface area contributed by atoms with Gasteiger partial charge in [0.2, 0.25) is 17.7 Å². The SMILES string of the molecule is C=CN(C(=O)[C@@H](Cc1ccc2ccccc2c1)N(C)C(=O)COC[C@@H]1CCCN1)[C@H](Cc1ccc(F)c(F)c1)C(=O)NC. The summed E-state index contributed by atoms with van der Waals surface area (Å²) in [6.07, 6.45) is 3.31. The fraction of sp³-hybridized carbons (Fsp3) is 0.364. The van der Waals surface area contributed by atoms with Gasteiger partial charge >= 0.3 is 0 Å². The Morgan fingerprint density at radius 3 is 2.40 bits per heavy atom. The van der Waals surface area contributed by atoms with E-state index in [1.807, 2.05) is 42.5 Å². The first-order valence-electron chi connectivity index (χ1n) is 14.4.